The number of ketones is 1. The molecule has 1 heterocycles. The van der Waals surface area contributed by atoms with E-state index in [9.17, 15) is 4.79 Å². The summed E-state index contributed by atoms with van der Waals surface area (Å²) in [6.45, 7) is 2.35. The van der Waals surface area contributed by atoms with Gasteiger partial charge in [0.25, 0.3) is 0 Å². The highest BCUT2D eigenvalue weighted by Crippen LogP contribution is 2.05. The Morgan fingerprint density at radius 2 is 2.12 bits per heavy atom. The first kappa shape index (κ1) is 13.7. The van der Waals surface area contributed by atoms with E-state index in [0.717, 1.165) is 0 Å². The topological polar surface area (TPSA) is 95.3 Å². The first-order valence-electron chi connectivity index (χ1n) is 5.55. The summed E-state index contributed by atoms with van der Waals surface area (Å²) >= 11 is 0. The number of aromatic nitrogens is 2. The third kappa shape index (κ3) is 4.56. The highest BCUT2D eigenvalue weighted by atomic mass is 16.5. The third-order valence-corrected chi connectivity index (χ3v) is 2.23. The average molecular weight is 239 g/mol. The smallest absolute Gasteiger partial charge is 0.184 e. The van der Waals surface area contributed by atoms with Gasteiger partial charge in [-0.3, -0.25) is 9.78 Å². The van der Waals surface area contributed by atoms with Crippen LogP contribution in [-0.4, -0.2) is 45.3 Å². The second kappa shape index (κ2) is 7.05. The molecule has 17 heavy (non-hydrogen) atoms. The molecular formula is C11H17N3O3. The minimum atomic E-state index is -1.40. The van der Waals surface area contributed by atoms with Gasteiger partial charge < -0.3 is 15.5 Å². The molecule has 6 nitrogen and oxygen atoms in total. The van der Waals surface area contributed by atoms with Gasteiger partial charge in [0.2, 0.25) is 0 Å². The van der Waals surface area contributed by atoms with E-state index in [4.69, 9.17) is 10.2 Å². The lowest BCUT2D eigenvalue weighted by molar-refractivity contribution is -0.0370. The van der Waals surface area contributed by atoms with Crippen LogP contribution < -0.4 is 5.32 Å². The van der Waals surface area contributed by atoms with Gasteiger partial charge in [-0.05, 0) is 6.42 Å². The number of nitrogens with one attached hydrogen (secondary N) is 1. The van der Waals surface area contributed by atoms with Crippen LogP contribution in [0.4, 0.5) is 0 Å². The van der Waals surface area contributed by atoms with E-state index in [2.05, 4.69) is 15.3 Å². The van der Waals surface area contributed by atoms with Crippen LogP contribution in [0.15, 0.2) is 12.4 Å². The molecule has 6 heteroatoms. The van der Waals surface area contributed by atoms with E-state index >= 15 is 0 Å². The van der Waals surface area contributed by atoms with Crippen molar-refractivity contribution in [3.63, 3.8) is 0 Å². The number of aliphatic hydroxyl groups excluding tert-OH is 1. The Morgan fingerprint density at radius 1 is 1.41 bits per heavy atom. The highest BCUT2D eigenvalue weighted by Gasteiger charge is 2.12. The maximum atomic E-state index is 11.8. The van der Waals surface area contributed by atoms with E-state index in [1.165, 1.54) is 6.20 Å². The number of carbonyl (C=O) groups is 1. The molecule has 0 spiro atoms. The van der Waals surface area contributed by atoms with Crippen molar-refractivity contribution < 1.29 is 15.0 Å². The molecule has 0 bridgehead atoms. The minimum absolute atomic E-state index is 0.0500. The Morgan fingerprint density at radius 3 is 2.76 bits per heavy atom. The van der Waals surface area contributed by atoms with Crippen LogP contribution in [0.25, 0.3) is 0 Å². The summed E-state index contributed by atoms with van der Waals surface area (Å²) in [5.74, 6) is -0.0881. The molecule has 1 rings (SSSR count). The number of aryl methyl sites for hydroxylation is 1. The van der Waals surface area contributed by atoms with Crippen molar-refractivity contribution in [1.29, 1.82) is 0 Å². The zero-order valence-corrected chi connectivity index (χ0v) is 9.76. The number of Topliss-reactive ketones (excluding diaryl/α,β-unsaturated/α-hetero) is 1. The van der Waals surface area contributed by atoms with E-state index in [1.54, 1.807) is 6.20 Å². The number of hydrogen-bond donors (Lipinski definition) is 3. The normalized spacial score (nSPS) is 10.8. The number of nitrogens with zero attached hydrogens (tertiary/aromatic N) is 2. The van der Waals surface area contributed by atoms with E-state index in [1.807, 2.05) is 6.92 Å². The van der Waals surface area contributed by atoms with Gasteiger partial charge in [-0.25, -0.2) is 4.98 Å². The summed E-state index contributed by atoms with van der Waals surface area (Å²) in [5, 5.41) is 20.0. The fourth-order valence-electron chi connectivity index (χ4n) is 1.41. The van der Waals surface area contributed by atoms with Crippen molar-refractivity contribution in [2.45, 2.75) is 26.1 Å². The lowest BCUT2D eigenvalue weighted by Crippen LogP contribution is -2.28. The van der Waals surface area contributed by atoms with Gasteiger partial charge in [0, 0.05) is 31.9 Å². The molecule has 0 fully saturated rings. The van der Waals surface area contributed by atoms with Gasteiger partial charge in [0.15, 0.2) is 12.1 Å². The van der Waals surface area contributed by atoms with E-state index in [0.29, 0.717) is 24.4 Å². The summed E-state index contributed by atoms with van der Waals surface area (Å²) in [6, 6.07) is 0. The Hall–Kier alpha value is -1.37. The molecule has 0 aliphatic rings. The maximum absolute atomic E-state index is 11.8. The Bertz CT molecular complexity index is 369. The molecule has 0 saturated heterocycles. The number of rotatable bonds is 7. The lowest BCUT2D eigenvalue weighted by atomic mass is 10.1. The summed E-state index contributed by atoms with van der Waals surface area (Å²) in [7, 11) is 0. The van der Waals surface area contributed by atoms with Crippen LogP contribution in [0.5, 0.6) is 0 Å². The molecule has 0 saturated carbocycles. The van der Waals surface area contributed by atoms with Crippen molar-refractivity contribution in [3.05, 3.63) is 23.8 Å². The molecule has 94 valence electrons. The van der Waals surface area contributed by atoms with Crippen molar-refractivity contribution in [2.75, 3.05) is 13.1 Å². The van der Waals surface area contributed by atoms with E-state index < -0.39 is 6.29 Å². The Kier molecular flexibility index (Phi) is 5.68. The molecule has 0 radical (unpaired) electrons. The molecule has 0 atom stereocenters. The Labute approximate surface area is 99.7 Å². The van der Waals surface area contributed by atoms with Crippen molar-refractivity contribution in [1.82, 2.24) is 15.3 Å². The zero-order chi connectivity index (χ0) is 12.7. The molecule has 0 aliphatic heterocycles. The summed E-state index contributed by atoms with van der Waals surface area (Å²) in [4.78, 5) is 19.9. The van der Waals surface area contributed by atoms with Gasteiger partial charge >= 0.3 is 0 Å². The van der Waals surface area contributed by atoms with Crippen molar-refractivity contribution in [2.24, 2.45) is 0 Å². The fourth-order valence-corrected chi connectivity index (χ4v) is 1.41. The van der Waals surface area contributed by atoms with E-state index in [-0.39, 0.29) is 18.7 Å². The molecular weight excluding hydrogens is 222 g/mol. The first-order valence-corrected chi connectivity index (χ1v) is 5.55. The van der Waals surface area contributed by atoms with Crippen LogP contribution in [-0.2, 0) is 6.42 Å². The summed E-state index contributed by atoms with van der Waals surface area (Å²) in [6.07, 6.45) is 2.59. The van der Waals surface area contributed by atoms with Crippen LogP contribution >= 0.6 is 0 Å². The third-order valence-electron chi connectivity index (χ3n) is 2.23. The molecule has 3 N–H and O–H groups in total. The van der Waals surface area contributed by atoms with Crippen molar-refractivity contribution >= 4 is 5.78 Å². The van der Waals surface area contributed by atoms with Gasteiger partial charge in [-0.1, -0.05) is 6.92 Å². The van der Waals surface area contributed by atoms with Crippen LogP contribution in [0.2, 0.25) is 0 Å². The average Bonchev–Trinajstić information content (AvgIpc) is 2.34. The van der Waals surface area contributed by atoms with Gasteiger partial charge in [-0.15, -0.1) is 0 Å². The molecule has 0 aromatic carbocycles. The molecule has 0 amide bonds. The standard InChI is InChI=1S/C11H17N3O3/c1-2-8-11(14-6-5-13-8)9(15)3-4-12-7-10(16)17/h5-6,10,12,16-17H,2-4,7H2,1H3. The number of carbonyl (C=O) groups excluding carboxylic acids is 1. The largest absolute Gasteiger partial charge is 0.367 e. The summed E-state index contributed by atoms with van der Waals surface area (Å²) < 4.78 is 0. The minimum Gasteiger partial charge on any atom is -0.367 e. The fraction of sp³-hybridized carbons (Fsp3) is 0.545. The SMILES string of the molecule is CCc1nccnc1C(=O)CCNCC(O)O. The second-order valence-electron chi connectivity index (χ2n) is 3.56. The highest BCUT2D eigenvalue weighted by molar-refractivity contribution is 5.95. The Balaban J connectivity index is 2.47. The van der Waals surface area contributed by atoms with Crippen molar-refractivity contribution in [3.8, 4) is 0 Å². The van der Waals surface area contributed by atoms with Crippen LogP contribution in [0.1, 0.15) is 29.5 Å². The van der Waals surface area contributed by atoms with Crippen LogP contribution in [0.3, 0.4) is 0 Å². The maximum Gasteiger partial charge on any atom is 0.184 e. The quantitative estimate of drug-likeness (QED) is 0.338. The predicted octanol–water partition coefficient (Wildman–Crippen LogP) is -0.488. The lowest BCUT2D eigenvalue weighted by Gasteiger charge is -2.06. The predicted molar refractivity (Wildman–Crippen MR) is 61.5 cm³/mol. The zero-order valence-electron chi connectivity index (χ0n) is 9.76. The molecule has 1 aromatic rings. The van der Waals surface area contributed by atoms with Gasteiger partial charge in [-0.2, -0.15) is 0 Å². The number of aliphatic hydroxyl groups is 2. The summed E-state index contributed by atoms with van der Waals surface area (Å²) in [5.41, 5.74) is 1.10. The molecule has 1 aromatic heterocycles. The molecule has 0 aliphatic carbocycles. The second-order valence-corrected chi connectivity index (χ2v) is 3.56. The first-order chi connectivity index (χ1) is 8.15. The molecule has 0 unspecified atom stereocenters. The van der Waals surface area contributed by atoms with Gasteiger partial charge in [0.05, 0.1) is 5.69 Å². The number of hydrogen-bond acceptors (Lipinski definition) is 6. The van der Waals surface area contributed by atoms with Gasteiger partial charge in [0.1, 0.15) is 5.69 Å². The monoisotopic (exact) mass is 239 g/mol. The van der Waals surface area contributed by atoms with Crippen LogP contribution in [0, 0.1) is 0 Å².